The van der Waals surface area contributed by atoms with Crippen molar-refractivity contribution in [3.8, 4) is 17.6 Å². The van der Waals surface area contributed by atoms with Crippen LogP contribution in [0, 0.1) is 11.3 Å². The number of likely N-dealkylation sites (tertiary alicyclic amines) is 1. The van der Waals surface area contributed by atoms with E-state index in [0.29, 0.717) is 30.0 Å². The molecular formula is C27H28N2O5. The second-order valence-corrected chi connectivity index (χ2v) is 10.0. The lowest BCUT2D eigenvalue weighted by atomic mass is 9.89. The molecule has 0 N–H and O–H groups in total. The Morgan fingerprint density at radius 2 is 1.91 bits per heavy atom. The van der Waals surface area contributed by atoms with E-state index < -0.39 is 11.4 Å². The van der Waals surface area contributed by atoms with Crippen molar-refractivity contribution in [1.82, 2.24) is 4.90 Å². The molecule has 2 aliphatic heterocycles. The minimum Gasteiger partial charge on any atom is -0.464 e. The number of para-hydroxylation sites is 1. The number of amides is 1. The molecule has 0 spiro atoms. The summed E-state index contributed by atoms with van der Waals surface area (Å²) in [7, 11) is 0. The summed E-state index contributed by atoms with van der Waals surface area (Å²) >= 11 is 0. The average molecular weight is 461 g/mol. The zero-order valence-electron chi connectivity index (χ0n) is 19.9. The van der Waals surface area contributed by atoms with Crippen LogP contribution in [-0.4, -0.2) is 29.7 Å². The summed E-state index contributed by atoms with van der Waals surface area (Å²) in [5.41, 5.74) is 2.43. The SMILES string of the molecule is CC(C)(C)OC(=O)N1CCC(c2cccc3c2OC(C)(c2ccc(C#N)c4ccoc24)O3)CC1. The van der Waals surface area contributed by atoms with Crippen LogP contribution in [0.4, 0.5) is 4.79 Å². The first-order chi connectivity index (χ1) is 16.2. The molecule has 1 fully saturated rings. The Hall–Kier alpha value is -3.66. The number of hydrogen-bond donors (Lipinski definition) is 0. The van der Waals surface area contributed by atoms with E-state index in [0.717, 1.165) is 35.1 Å². The number of carbonyl (C=O) groups is 1. The largest absolute Gasteiger partial charge is 0.464 e. The molecule has 1 unspecified atom stereocenters. The molecule has 0 bridgehead atoms. The molecule has 7 nitrogen and oxygen atoms in total. The molecule has 1 aromatic heterocycles. The van der Waals surface area contributed by atoms with Gasteiger partial charge in [-0.1, -0.05) is 12.1 Å². The Balaban J connectivity index is 1.38. The van der Waals surface area contributed by atoms with E-state index in [1.165, 1.54) is 0 Å². The molecule has 0 aliphatic carbocycles. The van der Waals surface area contributed by atoms with Crippen LogP contribution in [0.15, 0.2) is 47.1 Å². The van der Waals surface area contributed by atoms with E-state index in [1.54, 1.807) is 23.3 Å². The number of hydrogen-bond acceptors (Lipinski definition) is 6. The predicted molar refractivity (Wildman–Crippen MR) is 126 cm³/mol. The number of rotatable bonds is 2. The van der Waals surface area contributed by atoms with Crippen molar-refractivity contribution in [2.45, 2.75) is 57.8 Å². The summed E-state index contributed by atoms with van der Waals surface area (Å²) in [6.07, 6.45) is 2.94. The summed E-state index contributed by atoms with van der Waals surface area (Å²) in [4.78, 5) is 14.2. The molecule has 176 valence electrons. The average Bonchev–Trinajstić information content (AvgIpc) is 3.41. The summed E-state index contributed by atoms with van der Waals surface area (Å²) in [5, 5.41) is 10.2. The van der Waals surface area contributed by atoms with Gasteiger partial charge < -0.3 is 23.5 Å². The van der Waals surface area contributed by atoms with Gasteiger partial charge in [-0.05, 0) is 63.8 Å². The first kappa shape index (κ1) is 22.1. The highest BCUT2D eigenvalue weighted by atomic mass is 16.7. The molecule has 0 saturated carbocycles. The smallest absolute Gasteiger partial charge is 0.410 e. The summed E-state index contributed by atoms with van der Waals surface area (Å²) in [5.74, 6) is 0.562. The van der Waals surface area contributed by atoms with Crippen LogP contribution in [-0.2, 0) is 10.5 Å². The maximum Gasteiger partial charge on any atom is 0.410 e. The highest BCUT2D eigenvalue weighted by Gasteiger charge is 2.43. The highest BCUT2D eigenvalue weighted by Crippen LogP contribution is 2.50. The third-order valence-corrected chi connectivity index (χ3v) is 6.42. The Morgan fingerprint density at radius 1 is 1.15 bits per heavy atom. The molecule has 2 aliphatic rings. The second-order valence-electron chi connectivity index (χ2n) is 10.0. The number of nitrogens with zero attached hydrogens (tertiary/aromatic N) is 2. The number of nitriles is 1. The number of carbonyl (C=O) groups excluding carboxylic acids is 1. The Labute approximate surface area is 198 Å². The number of piperidine rings is 1. The van der Waals surface area contributed by atoms with Gasteiger partial charge in [0.2, 0.25) is 0 Å². The number of benzene rings is 2. The number of fused-ring (bicyclic) bond motifs is 2. The lowest BCUT2D eigenvalue weighted by Crippen LogP contribution is -2.41. The maximum absolute atomic E-state index is 12.4. The topological polar surface area (TPSA) is 84.9 Å². The molecular weight excluding hydrogens is 432 g/mol. The van der Waals surface area contributed by atoms with E-state index >= 15 is 0 Å². The molecule has 2 aromatic carbocycles. The predicted octanol–water partition coefficient (Wildman–Crippen LogP) is 6.06. The normalized spacial score (nSPS) is 20.4. The van der Waals surface area contributed by atoms with Gasteiger partial charge in [-0.15, -0.1) is 0 Å². The van der Waals surface area contributed by atoms with Crippen molar-refractivity contribution in [2.24, 2.45) is 0 Å². The molecule has 0 radical (unpaired) electrons. The van der Waals surface area contributed by atoms with Gasteiger partial charge in [0.25, 0.3) is 5.79 Å². The zero-order chi connectivity index (χ0) is 24.1. The van der Waals surface area contributed by atoms with Crippen LogP contribution >= 0.6 is 0 Å². The molecule has 3 aromatic rings. The van der Waals surface area contributed by atoms with Crippen molar-refractivity contribution < 1.29 is 23.4 Å². The highest BCUT2D eigenvalue weighted by molar-refractivity contribution is 5.87. The first-order valence-corrected chi connectivity index (χ1v) is 11.6. The molecule has 34 heavy (non-hydrogen) atoms. The Kier molecular flexibility index (Phi) is 5.20. The standard InChI is InChI=1S/C27H28N2O5/c1-26(2,3)34-25(30)29-13-10-17(11-14-29)19-6-5-7-22-24(19)33-27(4,32-22)21-9-8-18(16-28)20-12-15-31-23(20)21/h5-9,12,15,17H,10-11,13-14H2,1-4H3. The molecule has 5 rings (SSSR count). The minimum absolute atomic E-state index is 0.240. The molecule has 1 saturated heterocycles. The van der Waals surface area contributed by atoms with Crippen LogP contribution in [0.3, 0.4) is 0 Å². The number of furan rings is 1. The maximum atomic E-state index is 12.4. The van der Waals surface area contributed by atoms with Crippen LogP contribution < -0.4 is 9.47 Å². The lowest BCUT2D eigenvalue weighted by Gasteiger charge is -2.34. The van der Waals surface area contributed by atoms with Crippen LogP contribution in [0.1, 0.15) is 63.1 Å². The van der Waals surface area contributed by atoms with Gasteiger partial charge in [-0.2, -0.15) is 5.26 Å². The Bertz CT molecular complexity index is 1290. The van der Waals surface area contributed by atoms with Crippen LogP contribution in [0.2, 0.25) is 0 Å². The zero-order valence-corrected chi connectivity index (χ0v) is 19.9. The van der Waals surface area contributed by atoms with Crippen molar-refractivity contribution in [3.05, 3.63) is 59.4 Å². The summed E-state index contributed by atoms with van der Waals surface area (Å²) < 4.78 is 24.1. The van der Waals surface area contributed by atoms with E-state index in [-0.39, 0.29) is 12.0 Å². The van der Waals surface area contributed by atoms with Crippen molar-refractivity contribution in [1.29, 1.82) is 5.26 Å². The Morgan fingerprint density at radius 3 is 2.62 bits per heavy atom. The second kappa shape index (κ2) is 7.98. The van der Waals surface area contributed by atoms with Gasteiger partial charge in [0.1, 0.15) is 11.2 Å². The van der Waals surface area contributed by atoms with E-state index in [1.807, 2.05) is 45.9 Å². The lowest BCUT2D eigenvalue weighted by molar-refractivity contribution is -0.0678. The fraction of sp³-hybridized carbons (Fsp3) is 0.407. The van der Waals surface area contributed by atoms with Gasteiger partial charge in [0.05, 0.1) is 23.5 Å². The van der Waals surface area contributed by atoms with Crippen molar-refractivity contribution in [3.63, 3.8) is 0 Å². The third-order valence-electron chi connectivity index (χ3n) is 6.42. The molecule has 7 heteroatoms. The van der Waals surface area contributed by atoms with Gasteiger partial charge >= 0.3 is 6.09 Å². The van der Waals surface area contributed by atoms with E-state index in [4.69, 9.17) is 18.6 Å². The molecule has 3 heterocycles. The van der Waals surface area contributed by atoms with E-state index in [9.17, 15) is 10.1 Å². The van der Waals surface area contributed by atoms with Gasteiger partial charge in [0.15, 0.2) is 11.5 Å². The van der Waals surface area contributed by atoms with Crippen molar-refractivity contribution >= 4 is 17.1 Å². The van der Waals surface area contributed by atoms with Gasteiger partial charge in [-0.3, -0.25) is 0 Å². The van der Waals surface area contributed by atoms with Crippen LogP contribution in [0.25, 0.3) is 11.0 Å². The fourth-order valence-electron chi connectivity index (χ4n) is 4.80. The first-order valence-electron chi connectivity index (χ1n) is 11.6. The third kappa shape index (κ3) is 3.83. The quantitative estimate of drug-likeness (QED) is 0.462. The van der Waals surface area contributed by atoms with E-state index in [2.05, 4.69) is 12.1 Å². The monoisotopic (exact) mass is 460 g/mol. The fourth-order valence-corrected chi connectivity index (χ4v) is 4.80. The van der Waals surface area contributed by atoms with Crippen molar-refractivity contribution in [2.75, 3.05) is 13.1 Å². The molecule has 1 amide bonds. The van der Waals surface area contributed by atoms with Gasteiger partial charge in [0, 0.05) is 31.0 Å². The van der Waals surface area contributed by atoms with Crippen LogP contribution in [0.5, 0.6) is 11.5 Å². The summed E-state index contributed by atoms with van der Waals surface area (Å²) in [6, 6.07) is 13.5. The minimum atomic E-state index is -1.08. The molecule has 1 atom stereocenters. The van der Waals surface area contributed by atoms with Gasteiger partial charge in [-0.25, -0.2) is 4.79 Å². The summed E-state index contributed by atoms with van der Waals surface area (Å²) in [6.45, 7) is 8.76. The number of ether oxygens (including phenoxy) is 3.